The van der Waals surface area contributed by atoms with E-state index in [9.17, 15) is 9.90 Å². The fraction of sp³-hybridized carbons (Fsp3) is 0.933. The molecule has 1 aliphatic rings. The van der Waals surface area contributed by atoms with Crippen LogP contribution in [0.2, 0.25) is 0 Å². The van der Waals surface area contributed by atoms with Crippen LogP contribution in [0.25, 0.3) is 0 Å². The van der Waals surface area contributed by atoms with Crippen LogP contribution in [0.4, 0.5) is 4.79 Å². The van der Waals surface area contributed by atoms with E-state index in [0.717, 1.165) is 38.6 Å². The highest BCUT2D eigenvalue weighted by Gasteiger charge is 2.26. The van der Waals surface area contributed by atoms with Crippen LogP contribution in [-0.4, -0.2) is 53.5 Å². The van der Waals surface area contributed by atoms with E-state index in [1.54, 1.807) is 0 Å². The summed E-state index contributed by atoms with van der Waals surface area (Å²) in [7, 11) is 0. The van der Waals surface area contributed by atoms with Crippen molar-refractivity contribution in [1.82, 2.24) is 10.2 Å². The summed E-state index contributed by atoms with van der Waals surface area (Å²) < 4.78 is 0. The molecular weight excluding hydrogens is 256 g/mol. The Balaban J connectivity index is 2.30. The number of amides is 2. The number of carbonyl (C=O) groups excluding carboxylic acids is 1. The molecule has 1 rings (SSSR count). The Morgan fingerprint density at radius 2 is 2.10 bits per heavy atom. The standard InChI is InChI=1S/C15H30N2O3/c1-15(2,12-19)8-5-9-16-14(20)17-10-4-3-6-13(17)7-11-18/h13,18-19H,3-12H2,1-2H3,(H,16,20). The second kappa shape index (κ2) is 8.47. The minimum absolute atomic E-state index is 0.00930. The van der Waals surface area contributed by atoms with E-state index in [1.165, 1.54) is 0 Å². The third-order valence-corrected chi connectivity index (χ3v) is 4.08. The van der Waals surface area contributed by atoms with E-state index in [1.807, 2.05) is 18.7 Å². The number of nitrogens with zero attached hydrogens (tertiary/aromatic N) is 1. The highest BCUT2D eigenvalue weighted by atomic mass is 16.3. The summed E-state index contributed by atoms with van der Waals surface area (Å²) in [6, 6.07) is 0.174. The van der Waals surface area contributed by atoms with Gasteiger partial charge in [0.1, 0.15) is 0 Å². The highest BCUT2D eigenvalue weighted by molar-refractivity contribution is 5.74. The first-order chi connectivity index (χ1) is 9.50. The van der Waals surface area contributed by atoms with Crippen LogP contribution >= 0.6 is 0 Å². The van der Waals surface area contributed by atoms with Crippen molar-refractivity contribution in [3.05, 3.63) is 0 Å². The number of hydrogen-bond donors (Lipinski definition) is 3. The van der Waals surface area contributed by atoms with Gasteiger partial charge in [0.25, 0.3) is 0 Å². The SMILES string of the molecule is CC(C)(CO)CCCNC(=O)N1CCCCC1CCO. The molecule has 5 nitrogen and oxygen atoms in total. The van der Waals surface area contributed by atoms with Gasteiger partial charge in [0.2, 0.25) is 0 Å². The van der Waals surface area contributed by atoms with Crippen molar-refractivity contribution in [3.63, 3.8) is 0 Å². The van der Waals surface area contributed by atoms with E-state index in [0.29, 0.717) is 13.0 Å². The highest BCUT2D eigenvalue weighted by Crippen LogP contribution is 2.21. The van der Waals surface area contributed by atoms with Crippen molar-refractivity contribution in [1.29, 1.82) is 0 Å². The van der Waals surface area contributed by atoms with E-state index < -0.39 is 0 Å². The van der Waals surface area contributed by atoms with Crippen LogP contribution < -0.4 is 5.32 Å². The lowest BCUT2D eigenvalue weighted by molar-refractivity contribution is 0.130. The summed E-state index contributed by atoms with van der Waals surface area (Å²) in [5.74, 6) is 0. The van der Waals surface area contributed by atoms with Crippen LogP contribution in [0.3, 0.4) is 0 Å². The zero-order chi connectivity index (χ0) is 15.0. The molecule has 1 atom stereocenters. The van der Waals surface area contributed by atoms with Gasteiger partial charge in [0.05, 0.1) is 0 Å². The summed E-state index contributed by atoms with van der Waals surface area (Å²) in [5, 5.41) is 21.2. The molecule has 0 aliphatic carbocycles. The molecule has 1 unspecified atom stereocenters. The van der Waals surface area contributed by atoms with Gasteiger partial charge in [0.15, 0.2) is 0 Å². The smallest absolute Gasteiger partial charge is 0.317 e. The van der Waals surface area contributed by atoms with Gasteiger partial charge < -0.3 is 20.4 Å². The Bertz CT molecular complexity index is 293. The quantitative estimate of drug-likeness (QED) is 0.624. The number of rotatable bonds is 7. The van der Waals surface area contributed by atoms with Gasteiger partial charge in [-0.05, 0) is 43.9 Å². The van der Waals surface area contributed by atoms with Crippen LogP contribution in [0.1, 0.15) is 52.4 Å². The maximum Gasteiger partial charge on any atom is 0.317 e. The molecule has 5 heteroatoms. The minimum atomic E-state index is -0.0741. The normalized spacial score (nSPS) is 20.0. The molecule has 0 aromatic heterocycles. The number of nitrogens with one attached hydrogen (secondary N) is 1. The molecule has 1 heterocycles. The molecule has 3 N–H and O–H groups in total. The number of aliphatic hydroxyl groups excluding tert-OH is 2. The van der Waals surface area contributed by atoms with Gasteiger partial charge in [-0.3, -0.25) is 0 Å². The molecule has 118 valence electrons. The first-order valence-electron chi connectivity index (χ1n) is 7.76. The number of aliphatic hydroxyl groups is 2. The van der Waals surface area contributed by atoms with Crippen molar-refractivity contribution < 1.29 is 15.0 Å². The molecule has 0 aromatic carbocycles. The molecule has 2 amide bonds. The predicted molar refractivity (Wildman–Crippen MR) is 79.5 cm³/mol. The average molecular weight is 286 g/mol. The predicted octanol–water partition coefficient (Wildman–Crippen LogP) is 1.73. The lowest BCUT2D eigenvalue weighted by Crippen LogP contribution is -2.49. The third-order valence-electron chi connectivity index (χ3n) is 4.08. The molecule has 0 spiro atoms. The van der Waals surface area contributed by atoms with Crippen LogP contribution in [0.15, 0.2) is 0 Å². The Hall–Kier alpha value is -0.810. The number of likely N-dealkylation sites (tertiary alicyclic amines) is 1. The van der Waals surface area contributed by atoms with Crippen molar-refractivity contribution in [2.24, 2.45) is 5.41 Å². The summed E-state index contributed by atoms with van der Waals surface area (Å²) in [6.07, 6.45) is 5.62. The van der Waals surface area contributed by atoms with Gasteiger partial charge in [0, 0.05) is 32.3 Å². The average Bonchev–Trinajstić information content (AvgIpc) is 2.44. The minimum Gasteiger partial charge on any atom is -0.396 e. The lowest BCUT2D eigenvalue weighted by Gasteiger charge is -2.35. The number of urea groups is 1. The lowest BCUT2D eigenvalue weighted by atomic mass is 9.89. The molecule has 0 aromatic rings. The number of carbonyl (C=O) groups is 1. The summed E-state index contributed by atoms with van der Waals surface area (Å²) in [5.41, 5.74) is -0.0741. The van der Waals surface area contributed by atoms with Gasteiger partial charge >= 0.3 is 6.03 Å². The number of hydrogen-bond acceptors (Lipinski definition) is 3. The summed E-state index contributed by atoms with van der Waals surface area (Å²) >= 11 is 0. The van der Waals surface area contributed by atoms with Gasteiger partial charge in [-0.2, -0.15) is 0 Å². The molecular formula is C15H30N2O3. The molecule has 1 aliphatic heterocycles. The van der Waals surface area contributed by atoms with Gasteiger partial charge in [-0.1, -0.05) is 13.8 Å². The second-order valence-electron chi connectivity index (χ2n) is 6.51. The Morgan fingerprint density at radius 1 is 1.35 bits per heavy atom. The van der Waals surface area contributed by atoms with Crippen molar-refractivity contribution >= 4 is 6.03 Å². The monoisotopic (exact) mass is 286 g/mol. The zero-order valence-corrected chi connectivity index (χ0v) is 12.9. The second-order valence-corrected chi connectivity index (χ2v) is 6.51. The van der Waals surface area contributed by atoms with Crippen LogP contribution in [-0.2, 0) is 0 Å². The first-order valence-corrected chi connectivity index (χ1v) is 7.76. The Labute approximate surface area is 122 Å². The molecule has 20 heavy (non-hydrogen) atoms. The topological polar surface area (TPSA) is 72.8 Å². The first kappa shape index (κ1) is 17.2. The van der Waals surface area contributed by atoms with Gasteiger partial charge in [-0.25, -0.2) is 4.79 Å². The van der Waals surface area contributed by atoms with Crippen molar-refractivity contribution in [2.45, 2.75) is 58.4 Å². The van der Waals surface area contributed by atoms with E-state index in [4.69, 9.17) is 5.11 Å². The summed E-state index contributed by atoms with van der Waals surface area (Å²) in [4.78, 5) is 14.0. The Kier molecular flexibility index (Phi) is 7.30. The molecule has 1 saturated heterocycles. The van der Waals surface area contributed by atoms with E-state index in [2.05, 4.69) is 5.32 Å². The number of piperidine rings is 1. The van der Waals surface area contributed by atoms with Crippen LogP contribution in [0.5, 0.6) is 0 Å². The maximum atomic E-state index is 12.2. The molecule has 1 fully saturated rings. The fourth-order valence-electron chi connectivity index (χ4n) is 2.66. The zero-order valence-electron chi connectivity index (χ0n) is 12.9. The largest absolute Gasteiger partial charge is 0.396 e. The third kappa shape index (κ3) is 5.67. The molecule has 0 radical (unpaired) electrons. The van der Waals surface area contributed by atoms with Crippen LogP contribution in [0, 0.1) is 5.41 Å². The summed E-state index contributed by atoms with van der Waals surface area (Å²) in [6.45, 7) is 5.79. The van der Waals surface area contributed by atoms with Crippen molar-refractivity contribution in [2.75, 3.05) is 26.3 Å². The molecule has 0 saturated carbocycles. The Morgan fingerprint density at radius 3 is 2.75 bits per heavy atom. The van der Waals surface area contributed by atoms with Gasteiger partial charge in [-0.15, -0.1) is 0 Å². The maximum absolute atomic E-state index is 12.2. The fourth-order valence-corrected chi connectivity index (χ4v) is 2.66. The molecule has 0 bridgehead atoms. The van der Waals surface area contributed by atoms with E-state index in [-0.39, 0.29) is 30.7 Å². The van der Waals surface area contributed by atoms with E-state index >= 15 is 0 Å². The van der Waals surface area contributed by atoms with Crippen molar-refractivity contribution in [3.8, 4) is 0 Å².